The summed E-state index contributed by atoms with van der Waals surface area (Å²) in [6, 6.07) is 0. The summed E-state index contributed by atoms with van der Waals surface area (Å²) in [5.41, 5.74) is 0. The zero-order valence-corrected chi connectivity index (χ0v) is 54.9. The van der Waals surface area contributed by atoms with Crippen LogP contribution in [0, 0.1) is 0 Å². The molecule has 0 aromatic heterocycles. The van der Waals surface area contributed by atoms with Crippen molar-refractivity contribution < 1.29 is 28.6 Å². The van der Waals surface area contributed by atoms with Gasteiger partial charge in [0.1, 0.15) is 13.2 Å². The van der Waals surface area contributed by atoms with Crippen molar-refractivity contribution >= 4 is 17.9 Å². The second-order valence-corrected chi connectivity index (χ2v) is 23.8. The lowest BCUT2D eigenvalue weighted by Crippen LogP contribution is -2.30. The Morgan fingerprint density at radius 1 is 0.253 bits per heavy atom. The molecule has 478 valence electrons. The number of carbonyl (C=O) groups excluding carboxylic acids is 3. The average Bonchev–Trinajstić information content (AvgIpc) is 3.49. The third-order valence-corrected chi connectivity index (χ3v) is 15.6. The van der Waals surface area contributed by atoms with E-state index in [-0.39, 0.29) is 31.1 Å². The lowest BCUT2D eigenvalue weighted by molar-refractivity contribution is -0.167. The highest BCUT2D eigenvalue weighted by atomic mass is 16.6. The highest BCUT2D eigenvalue weighted by Gasteiger charge is 2.19. The Labute approximate surface area is 515 Å². The van der Waals surface area contributed by atoms with Crippen LogP contribution < -0.4 is 0 Å². The van der Waals surface area contributed by atoms with E-state index in [1.165, 1.54) is 199 Å². The molecule has 0 aliphatic heterocycles. The predicted octanol–water partition coefficient (Wildman–Crippen LogP) is 24.8. The highest BCUT2D eigenvalue weighted by Crippen LogP contribution is 2.18. The maximum atomic E-state index is 12.9. The minimum Gasteiger partial charge on any atom is -0.462 e. The first-order valence-corrected chi connectivity index (χ1v) is 35.7. The number of carbonyl (C=O) groups is 3. The molecule has 0 N–H and O–H groups in total. The molecule has 0 saturated carbocycles. The van der Waals surface area contributed by atoms with E-state index < -0.39 is 6.10 Å². The van der Waals surface area contributed by atoms with Crippen LogP contribution >= 0.6 is 0 Å². The molecule has 0 aliphatic carbocycles. The van der Waals surface area contributed by atoms with Crippen molar-refractivity contribution in [1.29, 1.82) is 0 Å². The zero-order chi connectivity index (χ0) is 59.9. The van der Waals surface area contributed by atoms with Gasteiger partial charge in [0.05, 0.1) is 0 Å². The lowest BCUT2D eigenvalue weighted by Gasteiger charge is -2.18. The minimum atomic E-state index is -0.780. The van der Waals surface area contributed by atoms with Gasteiger partial charge < -0.3 is 14.2 Å². The van der Waals surface area contributed by atoms with Gasteiger partial charge >= 0.3 is 17.9 Å². The van der Waals surface area contributed by atoms with E-state index in [1.54, 1.807) is 0 Å². The molecular weight excluding hydrogens is 1020 g/mol. The summed E-state index contributed by atoms with van der Waals surface area (Å²) in [5.74, 6) is -0.874. The molecule has 1 unspecified atom stereocenters. The van der Waals surface area contributed by atoms with Gasteiger partial charge in [-0.05, 0) is 96.3 Å². The molecular formula is C77H134O6. The third-order valence-electron chi connectivity index (χ3n) is 15.6. The van der Waals surface area contributed by atoms with E-state index in [2.05, 4.69) is 118 Å². The number of hydrogen-bond acceptors (Lipinski definition) is 6. The number of esters is 3. The molecule has 0 aromatic rings. The van der Waals surface area contributed by atoms with E-state index in [4.69, 9.17) is 14.2 Å². The third kappa shape index (κ3) is 69.0. The molecule has 6 nitrogen and oxygen atoms in total. The fourth-order valence-electron chi connectivity index (χ4n) is 10.3. The summed E-state index contributed by atoms with van der Waals surface area (Å²) < 4.78 is 16.9. The van der Waals surface area contributed by atoms with Crippen LogP contribution in [0.2, 0.25) is 0 Å². The first kappa shape index (κ1) is 79.3. The first-order valence-electron chi connectivity index (χ1n) is 35.7. The predicted molar refractivity (Wildman–Crippen MR) is 362 cm³/mol. The Bertz CT molecular complexity index is 1610. The summed E-state index contributed by atoms with van der Waals surface area (Å²) in [5, 5.41) is 0. The van der Waals surface area contributed by atoms with E-state index in [1.807, 2.05) is 0 Å². The standard InChI is InChI=1S/C77H134O6/c1-4-7-10-13-16-19-22-24-26-28-30-32-34-35-36-37-38-39-40-41-42-43-44-46-47-49-51-53-55-58-61-64-67-70-76(79)82-73-74(72-81-75(78)69-66-63-60-57-21-18-15-12-9-6-3)83-77(80)71-68-65-62-59-56-54-52-50-48-45-33-31-29-27-25-23-20-17-14-11-8-5-2/h7,10,12,15-16,19,24,26,30,32,35-36,38-39,41-42,74H,4-6,8-9,11,13-14,17-18,20-23,25,27-29,31,33-34,37,40,43-73H2,1-3H3/b10-7-,15-12-,19-16-,26-24-,32-30-,36-35-,39-38-,42-41-. The maximum Gasteiger partial charge on any atom is 0.306 e. The van der Waals surface area contributed by atoms with Crippen molar-refractivity contribution in [3.8, 4) is 0 Å². The number of allylic oxidation sites excluding steroid dienone is 16. The average molecular weight is 1160 g/mol. The molecule has 0 radical (unpaired) electrons. The van der Waals surface area contributed by atoms with Crippen LogP contribution in [0.3, 0.4) is 0 Å². The smallest absolute Gasteiger partial charge is 0.306 e. The molecule has 1 atom stereocenters. The van der Waals surface area contributed by atoms with Crippen molar-refractivity contribution in [2.75, 3.05) is 13.2 Å². The van der Waals surface area contributed by atoms with E-state index >= 15 is 0 Å². The van der Waals surface area contributed by atoms with Gasteiger partial charge in [0, 0.05) is 19.3 Å². The summed E-state index contributed by atoms with van der Waals surface area (Å²) in [4.78, 5) is 38.3. The van der Waals surface area contributed by atoms with Crippen molar-refractivity contribution in [3.63, 3.8) is 0 Å². The van der Waals surface area contributed by atoms with Gasteiger partial charge in [-0.2, -0.15) is 0 Å². The van der Waals surface area contributed by atoms with E-state index in [0.29, 0.717) is 19.3 Å². The molecule has 0 heterocycles. The molecule has 0 amide bonds. The number of unbranched alkanes of at least 4 members (excludes halogenated alkanes) is 38. The second-order valence-electron chi connectivity index (χ2n) is 23.8. The van der Waals surface area contributed by atoms with E-state index in [0.717, 1.165) is 116 Å². The molecule has 0 rings (SSSR count). The van der Waals surface area contributed by atoms with Crippen LogP contribution in [0.5, 0.6) is 0 Å². The Kier molecular flexibility index (Phi) is 67.7. The van der Waals surface area contributed by atoms with Gasteiger partial charge in [0.15, 0.2) is 6.10 Å². The minimum absolute atomic E-state index is 0.0777. The Morgan fingerprint density at radius 2 is 0.494 bits per heavy atom. The van der Waals surface area contributed by atoms with Gasteiger partial charge in [-0.25, -0.2) is 0 Å². The Balaban J connectivity index is 4.16. The van der Waals surface area contributed by atoms with Crippen molar-refractivity contribution in [2.45, 2.75) is 361 Å². The Hall–Kier alpha value is -3.67. The second kappa shape index (κ2) is 70.8. The SMILES string of the molecule is CC/C=C\C/C=C\C/C=C\C/C=C\C/C=C\C/C=C\C/C=C\CCCCCCCCCCCCCC(=O)OCC(COC(=O)CCCCCCC/C=C\CCC)OC(=O)CCCCCCCCCCCCCCCCCCCCCCCC. The van der Waals surface area contributed by atoms with Crippen LogP contribution in [0.25, 0.3) is 0 Å². The Morgan fingerprint density at radius 3 is 0.795 bits per heavy atom. The highest BCUT2D eigenvalue weighted by molar-refractivity contribution is 5.71. The number of hydrogen-bond donors (Lipinski definition) is 0. The molecule has 0 fully saturated rings. The molecule has 0 spiro atoms. The summed E-state index contributed by atoms with van der Waals surface area (Å²) in [7, 11) is 0. The molecule has 0 aromatic carbocycles. The van der Waals surface area contributed by atoms with Gasteiger partial charge in [0.25, 0.3) is 0 Å². The van der Waals surface area contributed by atoms with Crippen molar-refractivity contribution in [2.24, 2.45) is 0 Å². The monoisotopic (exact) mass is 1160 g/mol. The zero-order valence-electron chi connectivity index (χ0n) is 54.9. The van der Waals surface area contributed by atoms with Crippen LogP contribution in [0.15, 0.2) is 97.2 Å². The van der Waals surface area contributed by atoms with Gasteiger partial charge in [-0.3, -0.25) is 14.4 Å². The molecule has 83 heavy (non-hydrogen) atoms. The topological polar surface area (TPSA) is 78.9 Å². The lowest BCUT2D eigenvalue weighted by atomic mass is 10.0. The molecule has 0 aliphatic rings. The van der Waals surface area contributed by atoms with Gasteiger partial charge in [-0.15, -0.1) is 0 Å². The van der Waals surface area contributed by atoms with Crippen LogP contribution in [0.4, 0.5) is 0 Å². The van der Waals surface area contributed by atoms with Crippen molar-refractivity contribution in [1.82, 2.24) is 0 Å². The number of ether oxygens (including phenoxy) is 3. The largest absolute Gasteiger partial charge is 0.462 e. The fourth-order valence-corrected chi connectivity index (χ4v) is 10.3. The summed E-state index contributed by atoms with van der Waals surface area (Å²) >= 11 is 0. The van der Waals surface area contributed by atoms with Crippen molar-refractivity contribution in [3.05, 3.63) is 97.2 Å². The van der Waals surface area contributed by atoms with Crippen LogP contribution in [-0.2, 0) is 28.6 Å². The molecule has 0 bridgehead atoms. The fraction of sp³-hybridized carbons (Fsp3) is 0.753. The summed E-state index contributed by atoms with van der Waals surface area (Å²) in [6.07, 6.45) is 95.9. The van der Waals surface area contributed by atoms with Gasteiger partial charge in [0.2, 0.25) is 0 Å². The quantitative estimate of drug-likeness (QED) is 0.0261. The first-order chi connectivity index (χ1) is 41.0. The summed E-state index contributed by atoms with van der Waals surface area (Å²) in [6.45, 7) is 6.50. The van der Waals surface area contributed by atoms with Crippen LogP contribution in [-0.4, -0.2) is 37.2 Å². The molecule has 0 saturated heterocycles. The maximum absolute atomic E-state index is 12.9. The van der Waals surface area contributed by atoms with Crippen LogP contribution in [0.1, 0.15) is 355 Å². The number of rotatable bonds is 65. The molecule has 6 heteroatoms. The van der Waals surface area contributed by atoms with E-state index in [9.17, 15) is 14.4 Å². The van der Waals surface area contributed by atoms with Gasteiger partial charge in [-0.1, -0.05) is 336 Å². The normalized spacial score (nSPS) is 12.7.